The van der Waals surface area contributed by atoms with E-state index in [9.17, 15) is 0 Å². The van der Waals surface area contributed by atoms with Crippen molar-refractivity contribution in [2.75, 3.05) is 0 Å². The summed E-state index contributed by atoms with van der Waals surface area (Å²) >= 11 is 0. The smallest absolute Gasteiger partial charge is 0.00990 e. The number of rotatable bonds is 2. The Morgan fingerprint density at radius 2 is 0.523 bits per heavy atom. The van der Waals surface area contributed by atoms with Crippen LogP contribution in [0.25, 0.3) is 86.9 Å². The van der Waals surface area contributed by atoms with Gasteiger partial charge in [-0.25, -0.2) is 0 Å². The zero-order valence-electron chi connectivity index (χ0n) is 24.9. The fourth-order valence-electron chi connectivity index (χ4n) is 7.07. The molecule has 0 atom stereocenters. The first-order valence-corrected chi connectivity index (χ1v) is 15.4. The summed E-state index contributed by atoms with van der Waals surface area (Å²) < 4.78 is 0. The van der Waals surface area contributed by atoms with Gasteiger partial charge >= 0.3 is 0 Å². The van der Waals surface area contributed by atoms with Crippen LogP contribution in [0, 0.1) is 13.8 Å². The standard InChI is InChI=1S/C44H30/c1-27-3-5-31-21-33(9-7-29(31)19-27)35-15-17-41-37(23-35)11-13-39-26-44-40(25-43(39)41)14-12-38-24-36(16-18-42(38)44)34-10-8-30-20-28(2)4-6-32(30)22-34/h3-26H,1-2H3. The van der Waals surface area contributed by atoms with Crippen molar-refractivity contribution in [3.05, 3.63) is 157 Å². The summed E-state index contributed by atoms with van der Waals surface area (Å²) in [6, 6.07) is 54.6. The lowest BCUT2D eigenvalue weighted by molar-refractivity contribution is 1.50. The average molecular weight is 559 g/mol. The van der Waals surface area contributed by atoms with E-state index >= 15 is 0 Å². The summed E-state index contributed by atoms with van der Waals surface area (Å²) in [6.07, 6.45) is 0. The highest BCUT2D eigenvalue weighted by Crippen LogP contribution is 2.37. The van der Waals surface area contributed by atoms with E-state index in [0.29, 0.717) is 0 Å². The van der Waals surface area contributed by atoms with Gasteiger partial charge in [-0.3, -0.25) is 0 Å². The van der Waals surface area contributed by atoms with Gasteiger partial charge in [0.05, 0.1) is 0 Å². The predicted molar refractivity (Wildman–Crippen MR) is 192 cm³/mol. The molecule has 0 heterocycles. The second kappa shape index (κ2) is 9.53. The van der Waals surface area contributed by atoms with Gasteiger partial charge in [0.1, 0.15) is 0 Å². The van der Waals surface area contributed by atoms with E-state index < -0.39 is 0 Å². The van der Waals surface area contributed by atoms with Crippen LogP contribution < -0.4 is 0 Å². The molecule has 9 rings (SSSR count). The number of hydrogen-bond donors (Lipinski definition) is 0. The first kappa shape index (κ1) is 25.1. The monoisotopic (exact) mass is 558 g/mol. The van der Waals surface area contributed by atoms with Gasteiger partial charge in [0.15, 0.2) is 0 Å². The molecular formula is C44H30. The lowest BCUT2D eigenvalue weighted by Crippen LogP contribution is -1.85. The summed E-state index contributed by atoms with van der Waals surface area (Å²) in [5, 5.41) is 15.5. The van der Waals surface area contributed by atoms with Gasteiger partial charge in [-0.2, -0.15) is 0 Å². The molecule has 0 unspecified atom stereocenters. The van der Waals surface area contributed by atoms with Crippen LogP contribution >= 0.6 is 0 Å². The van der Waals surface area contributed by atoms with E-state index in [1.807, 2.05) is 0 Å². The zero-order chi connectivity index (χ0) is 29.4. The minimum atomic E-state index is 1.25. The van der Waals surface area contributed by atoms with Crippen molar-refractivity contribution < 1.29 is 0 Å². The van der Waals surface area contributed by atoms with Gasteiger partial charge in [0.2, 0.25) is 0 Å². The molecule has 0 heteroatoms. The van der Waals surface area contributed by atoms with Crippen LogP contribution in [-0.2, 0) is 0 Å². The normalized spacial score (nSPS) is 11.9. The summed E-state index contributed by atoms with van der Waals surface area (Å²) in [4.78, 5) is 0. The Labute approximate surface area is 256 Å². The molecule has 0 aromatic heterocycles. The first-order chi connectivity index (χ1) is 21.6. The quantitative estimate of drug-likeness (QED) is 0.146. The molecule has 0 radical (unpaired) electrons. The number of fused-ring (bicyclic) bond motifs is 8. The Morgan fingerprint density at radius 1 is 0.227 bits per heavy atom. The van der Waals surface area contributed by atoms with Gasteiger partial charge in [-0.15, -0.1) is 0 Å². The van der Waals surface area contributed by atoms with Crippen LogP contribution in [0.2, 0.25) is 0 Å². The fraction of sp³-hybridized carbons (Fsp3) is 0.0455. The Hall–Kier alpha value is -5.46. The van der Waals surface area contributed by atoms with Crippen LogP contribution in [0.1, 0.15) is 11.1 Å². The maximum absolute atomic E-state index is 2.38. The predicted octanol–water partition coefficient (Wildman–Crippen LogP) is 12.6. The molecule has 0 aliphatic heterocycles. The molecule has 9 aromatic rings. The van der Waals surface area contributed by atoms with Crippen molar-refractivity contribution in [1.82, 2.24) is 0 Å². The van der Waals surface area contributed by atoms with Crippen molar-refractivity contribution in [3.63, 3.8) is 0 Å². The molecule has 0 saturated heterocycles. The lowest BCUT2D eigenvalue weighted by Gasteiger charge is -2.12. The highest BCUT2D eigenvalue weighted by atomic mass is 14.1. The van der Waals surface area contributed by atoms with Gasteiger partial charge in [-0.1, -0.05) is 120 Å². The van der Waals surface area contributed by atoms with Crippen molar-refractivity contribution in [2.24, 2.45) is 0 Å². The molecule has 0 aliphatic carbocycles. The van der Waals surface area contributed by atoms with Crippen molar-refractivity contribution in [2.45, 2.75) is 13.8 Å². The highest BCUT2D eigenvalue weighted by Gasteiger charge is 2.09. The number of benzene rings is 9. The van der Waals surface area contributed by atoms with E-state index in [4.69, 9.17) is 0 Å². The Kier molecular flexibility index (Phi) is 5.43. The van der Waals surface area contributed by atoms with E-state index in [1.54, 1.807) is 0 Å². The Balaban J connectivity index is 1.13. The average Bonchev–Trinajstić information content (AvgIpc) is 3.06. The maximum Gasteiger partial charge on any atom is -0.00990 e. The van der Waals surface area contributed by atoms with Crippen LogP contribution in [-0.4, -0.2) is 0 Å². The molecule has 0 N–H and O–H groups in total. The largest absolute Gasteiger partial charge is 0.0587 e. The lowest BCUT2D eigenvalue weighted by atomic mass is 9.92. The third kappa shape index (κ3) is 4.07. The number of aryl methyl sites for hydroxylation is 2. The molecule has 0 nitrogen and oxygen atoms in total. The van der Waals surface area contributed by atoms with E-state index in [1.165, 1.54) is 98.0 Å². The van der Waals surface area contributed by atoms with Crippen LogP contribution in [0.5, 0.6) is 0 Å². The second-order valence-electron chi connectivity index (χ2n) is 12.4. The summed E-state index contributed by atoms with van der Waals surface area (Å²) in [7, 11) is 0. The van der Waals surface area contributed by atoms with Crippen LogP contribution in [0.3, 0.4) is 0 Å². The Bertz CT molecular complexity index is 2430. The minimum absolute atomic E-state index is 1.25. The van der Waals surface area contributed by atoms with Crippen molar-refractivity contribution in [1.29, 1.82) is 0 Å². The van der Waals surface area contributed by atoms with Gasteiger partial charge in [0, 0.05) is 0 Å². The summed E-state index contributed by atoms with van der Waals surface area (Å²) in [6.45, 7) is 4.30. The van der Waals surface area contributed by atoms with E-state index in [2.05, 4.69) is 159 Å². The number of hydrogen-bond acceptors (Lipinski definition) is 0. The second-order valence-corrected chi connectivity index (χ2v) is 12.4. The molecule has 0 bridgehead atoms. The molecule has 0 aliphatic rings. The van der Waals surface area contributed by atoms with Crippen molar-refractivity contribution >= 4 is 64.6 Å². The first-order valence-electron chi connectivity index (χ1n) is 15.4. The van der Waals surface area contributed by atoms with Gasteiger partial charge in [-0.05, 0) is 137 Å². The van der Waals surface area contributed by atoms with E-state index in [-0.39, 0.29) is 0 Å². The van der Waals surface area contributed by atoms with Gasteiger partial charge < -0.3 is 0 Å². The molecule has 0 spiro atoms. The molecule has 9 aromatic carbocycles. The third-order valence-corrected chi connectivity index (χ3v) is 9.45. The molecule has 0 amide bonds. The van der Waals surface area contributed by atoms with Crippen LogP contribution in [0.15, 0.2) is 146 Å². The molecule has 206 valence electrons. The zero-order valence-corrected chi connectivity index (χ0v) is 24.9. The Morgan fingerprint density at radius 3 is 0.955 bits per heavy atom. The molecule has 0 saturated carbocycles. The third-order valence-electron chi connectivity index (χ3n) is 9.45. The fourth-order valence-corrected chi connectivity index (χ4v) is 7.07. The molecule has 0 fully saturated rings. The van der Waals surface area contributed by atoms with Crippen molar-refractivity contribution in [3.8, 4) is 22.3 Å². The molecule has 44 heavy (non-hydrogen) atoms. The SMILES string of the molecule is Cc1ccc2cc(-c3ccc4c(ccc5cc6c(ccc7cc(-c8ccc9cc(C)ccc9c8)ccc76)cc54)c3)ccc2c1. The van der Waals surface area contributed by atoms with E-state index in [0.717, 1.165) is 0 Å². The maximum atomic E-state index is 2.38. The minimum Gasteiger partial charge on any atom is -0.0587 e. The van der Waals surface area contributed by atoms with Crippen LogP contribution in [0.4, 0.5) is 0 Å². The molecular weight excluding hydrogens is 528 g/mol. The summed E-state index contributed by atoms with van der Waals surface area (Å²) in [5.74, 6) is 0. The topological polar surface area (TPSA) is 0 Å². The highest BCUT2D eigenvalue weighted by molar-refractivity contribution is 6.18. The summed E-state index contributed by atoms with van der Waals surface area (Å²) in [5.41, 5.74) is 7.61. The van der Waals surface area contributed by atoms with Gasteiger partial charge in [0.25, 0.3) is 0 Å².